The number of fused-ring (bicyclic) bond motifs is 1. The molecule has 0 bridgehead atoms. The molecular formula is C19H21F6N3O5. The number of aliphatic carboxylic acids is 2. The Morgan fingerprint density at radius 2 is 1.58 bits per heavy atom. The molecule has 1 aliphatic heterocycles. The average molecular weight is 485 g/mol. The van der Waals surface area contributed by atoms with Crippen molar-refractivity contribution in [2.24, 2.45) is 0 Å². The first-order chi connectivity index (χ1) is 15.1. The number of halogens is 6. The molecule has 3 heterocycles. The molecule has 0 atom stereocenters. The van der Waals surface area contributed by atoms with E-state index < -0.39 is 24.3 Å². The molecule has 2 aromatic rings. The molecule has 8 nitrogen and oxygen atoms in total. The Morgan fingerprint density at radius 1 is 1.03 bits per heavy atom. The molecule has 3 rings (SSSR count). The molecule has 33 heavy (non-hydrogen) atoms. The highest BCUT2D eigenvalue weighted by atomic mass is 19.4. The molecule has 0 saturated carbocycles. The largest absolute Gasteiger partial charge is 0.490 e. The van der Waals surface area contributed by atoms with E-state index in [-0.39, 0.29) is 0 Å². The Labute approximate surface area is 184 Å². The first-order valence-corrected chi connectivity index (χ1v) is 9.14. The van der Waals surface area contributed by atoms with Gasteiger partial charge in [0.2, 0.25) is 0 Å². The maximum atomic E-state index is 10.6. The van der Waals surface area contributed by atoms with Gasteiger partial charge in [-0.1, -0.05) is 6.07 Å². The minimum Gasteiger partial charge on any atom is -0.475 e. The van der Waals surface area contributed by atoms with E-state index >= 15 is 0 Å². The van der Waals surface area contributed by atoms with Crippen molar-refractivity contribution in [1.82, 2.24) is 9.88 Å². The van der Waals surface area contributed by atoms with Gasteiger partial charge in [-0.2, -0.15) is 26.3 Å². The van der Waals surface area contributed by atoms with E-state index in [1.807, 2.05) is 25.3 Å². The number of likely N-dealkylation sites (N-methyl/N-ethyl adjacent to an activating group) is 1. The molecule has 0 spiro atoms. The van der Waals surface area contributed by atoms with Crippen LogP contribution in [-0.2, 0) is 22.7 Å². The first kappa shape index (κ1) is 27.7. The Hall–Kier alpha value is -3.29. The number of carboxylic acid groups (broad SMARTS) is 2. The minimum absolute atomic E-state index is 0.857. The number of rotatable bonds is 2. The monoisotopic (exact) mass is 485 g/mol. The maximum Gasteiger partial charge on any atom is 0.490 e. The van der Waals surface area contributed by atoms with Crippen molar-refractivity contribution in [2.45, 2.75) is 32.4 Å². The summed E-state index contributed by atoms with van der Waals surface area (Å²) in [5.41, 5.74) is 1.28. The summed E-state index contributed by atoms with van der Waals surface area (Å²) in [6.07, 6.45) is -8.30. The van der Waals surface area contributed by atoms with Gasteiger partial charge >= 0.3 is 24.3 Å². The molecule has 184 valence electrons. The van der Waals surface area contributed by atoms with Crippen molar-refractivity contribution in [2.75, 3.05) is 25.0 Å². The van der Waals surface area contributed by atoms with Crippen molar-refractivity contribution in [3.8, 4) is 0 Å². The van der Waals surface area contributed by atoms with Crippen LogP contribution in [0.5, 0.6) is 0 Å². The number of aryl methyl sites for hydroxylation is 1. The third-order valence-corrected chi connectivity index (χ3v) is 4.04. The zero-order valence-corrected chi connectivity index (χ0v) is 17.4. The van der Waals surface area contributed by atoms with Crippen LogP contribution in [0.15, 0.2) is 34.9 Å². The number of carboxylic acids is 2. The Morgan fingerprint density at radius 3 is 2.03 bits per heavy atom. The molecule has 1 aliphatic rings. The van der Waals surface area contributed by atoms with Gasteiger partial charge in [-0.3, -0.25) is 4.90 Å². The smallest absolute Gasteiger partial charge is 0.475 e. The normalized spacial score (nSPS) is 14.1. The number of carbonyl (C=O) groups is 2. The highest BCUT2D eigenvalue weighted by Gasteiger charge is 2.38. The third-order valence-electron chi connectivity index (χ3n) is 4.04. The van der Waals surface area contributed by atoms with Crippen molar-refractivity contribution in [3.05, 3.63) is 47.5 Å². The van der Waals surface area contributed by atoms with Crippen LogP contribution in [0.3, 0.4) is 0 Å². The van der Waals surface area contributed by atoms with Crippen LogP contribution in [0.25, 0.3) is 0 Å². The lowest BCUT2D eigenvalue weighted by Crippen LogP contribution is -2.28. The summed E-state index contributed by atoms with van der Waals surface area (Å²) in [5, 5.41) is 14.2. The second kappa shape index (κ2) is 11.5. The molecule has 2 N–H and O–H groups in total. The second-order valence-corrected chi connectivity index (χ2v) is 6.74. The van der Waals surface area contributed by atoms with Crippen molar-refractivity contribution < 1.29 is 50.6 Å². The van der Waals surface area contributed by atoms with Crippen molar-refractivity contribution >= 4 is 17.8 Å². The topological polar surface area (TPSA) is 107 Å². The van der Waals surface area contributed by atoms with Crippen LogP contribution in [0.4, 0.5) is 32.2 Å². The van der Waals surface area contributed by atoms with Gasteiger partial charge < -0.3 is 19.5 Å². The zero-order chi connectivity index (χ0) is 25.4. The molecule has 14 heteroatoms. The number of hydrogen-bond acceptors (Lipinski definition) is 6. The number of nitrogens with zero attached hydrogens (tertiary/aromatic N) is 3. The molecule has 0 fully saturated rings. The predicted octanol–water partition coefficient (Wildman–Crippen LogP) is 3.70. The lowest BCUT2D eigenvalue weighted by molar-refractivity contribution is -0.193. The highest BCUT2D eigenvalue weighted by molar-refractivity contribution is 5.73. The number of pyridine rings is 1. The fourth-order valence-corrected chi connectivity index (χ4v) is 2.54. The quantitative estimate of drug-likeness (QED) is 0.621. The van der Waals surface area contributed by atoms with Crippen molar-refractivity contribution in [1.29, 1.82) is 0 Å². The fourth-order valence-electron chi connectivity index (χ4n) is 2.54. The summed E-state index contributed by atoms with van der Waals surface area (Å²) >= 11 is 0. The predicted molar refractivity (Wildman–Crippen MR) is 102 cm³/mol. The Bertz CT molecular complexity index is 905. The van der Waals surface area contributed by atoms with E-state index in [1.54, 1.807) is 0 Å². The molecule has 0 radical (unpaired) electrons. The van der Waals surface area contributed by atoms with Gasteiger partial charge in [0.15, 0.2) is 0 Å². The first-order valence-electron chi connectivity index (χ1n) is 9.14. The van der Waals surface area contributed by atoms with Crippen LogP contribution in [-0.4, -0.2) is 64.5 Å². The van der Waals surface area contributed by atoms with Gasteiger partial charge in [0.25, 0.3) is 0 Å². The van der Waals surface area contributed by atoms with Gasteiger partial charge in [0.05, 0.1) is 6.54 Å². The fraction of sp³-hybridized carbons (Fsp3) is 0.421. The maximum absolute atomic E-state index is 10.6. The summed E-state index contributed by atoms with van der Waals surface area (Å²) in [5.74, 6) is -2.41. The number of hydrogen-bond donors (Lipinski definition) is 2. The molecule has 0 aromatic carbocycles. The van der Waals surface area contributed by atoms with Crippen LogP contribution < -0.4 is 4.90 Å². The standard InChI is InChI=1S/C15H19N3O.2C2HF3O2/c1-12-5-6-14(19-12)11-18-9-8-17(2)15-13(10-18)4-3-7-16-15;2*3-2(4,5)1(6)7/h3-7H,8-11H2,1-2H3;2*(H,6,7). The van der Waals surface area contributed by atoms with E-state index in [1.165, 1.54) is 5.56 Å². The van der Waals surface area contributed by atoms with Gasteiger partial charge in [-0.25, -0.2) is 14.6 Å². The third kappa shape index (κ3) is 9.80. The van der Waals surface area contributed by atoms with Crippen LogP contribution in [0, 0.1) is 6.92 Å². The SMILES string of the molecule is Cc1ccc(CN2CCN(C)c3ncccc3C2)o1.O=C(O)C(F)(F)F.O=C(O)C(F)(F)F. The number of anilines is 1. The summed E-state index contributed by atoms with van der Waals surface area (Å²) in [7, 11) is 2.10. The van der Waals surface area contributed by atoms with E-state index in [4.69, 9.17) is 24.2 Å². The van der Waals surface area contributed by atoms with Gasteiger partial charge in [-0.15, -0.1) is 0 Å². The molecule has 0 amide bonds. The van der Waals surface area contributed by atoms with Crippen LogP contribution in [0.1, 0.15) is 17.1 Å². The van der Waals surface area contributed by atoms with Gasteiger partial charge in [0, 0.05) is 38.4 Å². The number of furan rings is 1. The van der Waals surface area contributed by atoms with E-state index in [2.05, 4.69) is 34.0 Å². The molecule has 2 aromatic heterocycles. The second-order valence-electron chi connectivity index (χ2n) is 6.74. The van der Waals surface area contributed by atoms with E-state index in [9.17, 15) is 26.3 Å². The average Bonchev–Trinajstić information content (AvgIpc) is 3.03. The van der Waals surface area contributed by atoms with E-state index in [0.29, 0.717) is 0 Å². The van der Waals surface area contributed by atoms with Crippen molar-refractivity contribution in [3.63, 3.8) is 0 Å². The zero-order valence-electron chi connectivity index (χ0n) is 17.4. The van der Waals surface area contributed by atoms with Gasteiger partial charge in [-0.05, 0) is 25.1 Å². The Kier molecular flexibility index (Phi) is 9.70. The summed E-state index contributed by atoms with van der Waals surface area (Å²) in [6.45, 7) is 5.78. The van der Waals surface area contributed by atoms with Gasteiger partial charge in [0.1, 0.15) is 17.3 Å². The molecule has 0 saturated heterocycles. The summed E-state index contributed by atoms with van der Waals surface area (Å²) < 4.78 is 69.1. The molecule has 0 unspecified atom stereocenters. The number of alkyl halides is 6. The number of aromatic nitrogens is 1. The van der Waals surface area contributed by atoms with E-state index in [0.717, 1.165) is 43.5 Å². The highest BCUT2D eigenvalue weighted by Crippen LogP contribution is 2.22. The van der Waals surface area contributed by atoms with Crippen LogP contribution >= 0.6 is 0 Å². The van der Waals surface area contributed by atoms with Crippen LogP contribution in [0.2, 0.25) is 0 Å². The minimum atomic E-state index is -5.08. The lowest BCUT2D eigenvalue weighted by Gasteiger charge is -2.19. The molecular weight excluding hydrogens is 464 g/mol. The Balaban J connectivity index is 0.000000324. The summed E-state index contributed by atoms with van der Waals surface area (Å²) in [6, 6.07) is 8.25. The summed E-state index contributed by atoms with van der Waals surface area (Å²) in [4.78, 5) is 26.9. The lowest BCUT2D eigenvalue weighted by atomic mass is 10.2. The molecule has 0 aliphatic carbocycles.